The summed E-state index contributed by atoms with van der Waals surface area (Å²) in [5.41, 5.74) is 0. The summed E-state index contributed by atoms with van der Waals surface area (Å²) < 4.78 is 149. The molecule has 0 bridgehead atoms. The van der Waals surface area contributed by atoms with Gasteiger partial charge in [-0.15, -0.1) is 0 Å². The molecule has 4 aromatic carbocycles. The molecule has 4 rings (SSSR count). The fourth-order valence-corrected chi connectivity index (χ4v) is 41.8. The van der Waals surface area contributed by atoms with E-state index in [1.807, 2.05) is 111 Å². The Morgan fingerprint density at radius 1 is 0.279 bits per heavy atom. The van der Waals surface area contributed by atoms with E-state index >= 15 is 33.7 Å². The average Bonchev–Trinajstić information content (AvgIpc) is 3.35. The van der Waals surface area contributed by atoms with Crippen LogP contribution in [0.5, 0.6) is 0 Å². The second-order valence-electron chi connectivity index (χ2n) is 19.4. The van der Waals surface area contributed by atoms with Crippen molar-refractivity contribution in [2.45, 2.75) is 130 Å². The SMILES string of the molecule is CCP(CC)(CC)(CC)OS(=O)(=O)c1cc(S(=O)(=O)OP(CC)(CC)(CC)CC)c2ccc3c(S(=O)(=O)OP(CC)(CC)(CC)CC)cc(S(=O)(=O)OP(CC)(CC)(CC)CC)c4ccc1c2c43. The summed E-state index contributed by atoms with van der Waals surface area (Å²) in [5, 5.41) is 0.300. The van der Waals surface area contributed by atoms with Gasteiger partial charge in [0.15, 0.2) is 0 Å². The zero-order valence-electron chi connectivity index (χ0n) is 44.1. The van der Waals surface area contributed by atoms with E-state index in [4.69, 9.17) is 15.9 Å². The van der Waals surface area contributed by atoms with Gasteiger partial charge < -0.3 is 0 Å². The van der Waals surface area contributed by atoms with Gasteiger partial charge in [0.25, 0.3) is 0 Å². The summed E-state index contributed by atoms with van der Waals surface area (Å²) in [4.78, 5) is -1.71. The van der Waals surface area contributed by atoms with Gasteiger partial charge in [0.1, 0.15) is 0 Å². The molecule has 20 heteroatoms. The zero-order valence-corrected chi connectivity index (χ0v) is 50.9. The van der Waals surface area contributed by atoms with Gasteiger partial charge in [-0.3, -0.25) is 0 Å². The Hall–Kier alpha value is -0.720. The van der Waals surface area contributed by atoms with Gasteiger partial charge in [0.05, 0.1) is 0 Å². The van der Waals surface area contributed by atoms with Gasteiger partial charge in [-0.05, 0) is 0 Å². The molecule has 394 valence electrons. The number of benzene rings is 4. The number of hydrogen-bond donors (Lipinski definition) is 0. The molecule has 4 aromatic rings. The van der Waals surface area contributed by atoms with Gasteiger partial charge in [-0.25, -0.2) is 0 Å². The van der Waals surface area contributed by atoms with Crippen LogP contribution in [0, 0.1) is 0 Å². The summed E-state index contributed by atoms with van der Waals surface area (Å²) in [5.74, 6) is 0. The fraction of sp³-hybridized carbons (Fsp3) is 0.667. The first kappa shape index (κ1) is 59.8. The molecule has 0 saturated carbocycles. The Labute approximate surface area is 412 Å². The number of hydrogen-bond acceptors (Lipinski definition) is 12. The molecule has 0 fully saturated rings. The van der Waals surface area contributed by atoms with Crippen LogP contribution in [0.1, 0.15) is 111 Å². The first-order valence-corrected chi connectivity index (χ1v) is 42.4. The molecule has 0 aromatic heterocycles. The van der Waals surface area contributed by atoms with Crippen LogP contribution in [0.4, 0.5) is 0 Å². The molecular formula is C48H86O12P4S4. The zero-order chi connectivity index (χ0) is 51.9. The van der Waals surface area contributed by atoms with Crippen molar-refractivity contribution in [3.8, 4) is 0 Å². The van der Waals surface area contributed by atoms with E-state index < -0.39 is 87.4 Å². The Bertz CT molecular complexity index is 2490. The molecule has 0 saturated heterocycles. The van der Waals surface area contributed by atoms with Crippen molar-refractivity contribution in [1.82, 2.24) is 0 Å². The summed E-state index contributed by atoms with van der Waals surface area (Å²) >= 11 is 0. The molecule has 0 amide bonds. The molecule has 0 aliphatic rings. The van der Waals surface area contributed by atoms with E-state index in [0.717, 1.165) is 12.1 Å². The second kappa shape index (κ2) is 19.9. The van der Waals surface area contributed by atoms with Crippen molar-refractivity contribution in [2.24, 2.45) is 0 Å². The van der Waals surface area contributed by atoms with Gasteiger partial charge in [-0.2, -0.15) is 0 Å². The summed E-state index contributed by atoms with van der Waals surface area (Å²) in [7, 11) is -19.2. The molecule has 0 heterocycles. The number of rotatable bonds is 28. The van der Waals surface area contributed by atoms with Crippen LogP contribution in [0.15, 0.2) is 56.0 Å². The predicted molar refractivity (Wildman–Crippen MR) is 300 cm³/mol. The summed E-state index contributed by atoms with van der Waals surface area (Å²) in [6.45, 7) is 16.9. The molecule has 0 aliphatic carbocycles. The average molecular weight is 1110 g/mol. The molecule has 12 nitrogen and oxygen atoms in total. The van der Waals surface area contributed by atoms with Crippen molar-refractivity contribution < 1.29 is 49.6 Å². The Kier molecular flexibility index (Phi) is 17.5. The standard InChI is InChI=1S/C48H86O12P4S4/c1-17-61(18-2,19-3,20-4)57-65(49,50)43-37-44(66(51,52)58-62(21-5,22-6,23-7)24-8)40-35-36-42-46(68(55,56)60-64(29-13,30-14,31-15)32-16)38-45(41-34-33-39(43)47(40)48(41)42)67(53,54)59-63(25-9,26-10,27-11)28-12/h33-38H,17-32H2,1-16H3. The van der Waals surface area contributed by atoms with Crippen LogP contribution in [-0.4, -0.2) is 132 Å². The first-order chi connectivity index (χ1) is 31.5. The fourth-order valence-electron chi connectivity index (χ4n) is 11.2. The van der Waals surface area contributed by atoms with Crippen LogP contribution in [-0.2, 0) is 56.4 Å². The van der Waals surface area contributed by atoms with E-state index in [1.54, 1.807) is 0 Å². The Morgan fingerprint density at radius 3 is 0.529 bits per heavy atom. The first-order valence-electron chi connectivity index (χ1n) is 25.1. The Morgan fingerprint density at radius 2 is 0.412 bits per heavy atom. The third kappa shape index (κ3) is 9.41. The summed E-state index contributed by atoms with van der Waals surface area (Å²) in [6, 6.07) is 8.21. The van der Waals surface area contributed by atoms with Crippen LogP contribution in [0.2, 0.25) is 0 Å². The second-order valence-corrected chi connectivity index (χ2v) is 52.2. The third-order valence-corrected chi connectivity index (χ3v) is 57.8. The third-order valence-electron chi connectivity index (χ3n) is 18.9. The quantitative estimate of drug-likeness (QED) is 0.0389. The molecular weight excluding hydrogens is 1020 g/mol. The van der Waals surface area contributed by atoms with Gasteiger partial charge >= 0.3 is 415 Å². The van der Waals surface area contributed by atoms with Crippen molar-refractivity contribution >= 4 is 100 Å². The normalized spacial score (nSPS) is 16.5. The van der Waals surface area contributed by atoms with Crippen molar-refractivity contribution in [3.63, 3.8) is 0 Å². The van der Waals surface area contributed by atoms with E-state index in [2.05, 4.69) is 0 Å². The Balaban J connectivity index is 2.48. The van der Waals surface area contributed by atoms with Crippen LogP contribution < -0.4 is 0 Å². The van der Waals surface area contributed by atoms with Crippen molar-refractivity contribution in [1.29, 1.82) is 0 Å². The van der Waals surface area contributed by atoms with Crippen molar-refractivity contribution in [2.75, 3.05) is 98.6 Å². The minimum absolute atomic E-state index is 0.0480. The van der Waals surface area contributed by atoms with Crippen LogP contribution in [0.25, 0.3) is 32.3 Å². The van der Waals surface area contributed by atoms with Gasteiger partial charge in [0.2, 0.25) is 0 Å². The molecule has 0 atom stereocenters. The molecule has 0 unspecified atom stereocenters. The van der Waals surface area contributed by atoms with Gasteiger partial charge in [0, 0.05) is 0 Å². The van der Waals surface area contributed by atoms with Crippen molar-refractivity contribution in [3.05, 3.63) is 36.4 Å². The molecule has 0 radical (unpaired) electrons. The molecule has 0 spiro atoms. The van der Waals surface area contributed by atoms with E-state index in [1.165, 1.54) is 24.3 Å². The van der Waals surface area contributed by atoms with Crippen LogP contribution in [0.3, 0.4) is 0 Å². The molecule has 68 heavy (non-hydrogen) atoms. The van der Waals surface area contributed by atoms with E-state index in [9.17, 15) is 0 Å². The molecule has 0 N–H and O–H groups in total. The molecule has 0 aliphatic heterocycles. The predicted octanol–water partition coefficient (Wildman–Crippen LogP) is 13.6. The van der Waals surface area contributed by atoms with E-state index in [0.29, 0.717) is 98.6 Å². The minimum atomic E-state index is -4.81. The summed E-state index contributed by atoms with van der Waals surface area (Å²) in [6.07, 6.45) is 7.30. The van der Waals surface area contributed by atoms with Gasteiger partial charge in [-0.1, -0.05) is 0 Å². The van der Waals surface area contributed by atoms with E-state index in [-0.39, 0.29) is 32.3 Å². The van der Waals surface area contributed by atoms with Crippen LogP contribution >= 0.6 is 27.3 Å². The monoisotopic (exact) mass is 1110 g/mol. The maximum absolute atomic E-state index is 15.3. The maximum atomic E-state index is 15.3. The topological polar surface area (TPSA) is 173 Å².